The summed E-state index contributed by atoms with van der Waals surface area (Å²) in [7, 11) is 0. The number of aliphatic hydroxyl groups excluding tert-OH is 2. The normalized spacial score (nSPS) is 27.8. The van der Waals surface area contributed by atoms with Crippen molar-refractivity contribution < 1.29 is 14.9 Å². The molecule has 2 aliphatic rings. The number of hydrogen-bond donors (Lipinski definition) is 3. The van der Waals surface area contributed by atoms with Gasteiger partial charge in [-0.3, -0.25) is 4.99 Å². The first-order chi connectivity index (χ1) is 15.1. The second kappa shape index (κ2) is 8.71. The minimum atomic E-state index is -1.06. The number of thioether (sulfide) groups is 1. The fraction of sp³-hybridized carbons (Fsp3) is 0.474. The Morgan fingerprint density at radius 3 is 3.00 bits per heavy atom. The molecule has 164 valence electrons. The summed E-state index contributed by atoms with van der Waals surface area (Å²) < 4.78 is 9.72. The molecule has 0 aliphatic carbocycles. The predicted octanol–water partition coefficient (Wildman–Crippen LogP) is 0.779. The number of aromatic nitrogens is 5. The molecule has 5 atom stereocenters. The monoisotopic (exact) mass is 461 g/mol. The van der Waals surface area contributed by atoms with E-state index in [2.05, 4.69) is 25.6 Å². The zero-order chi connectivity index (χ0) is 21.4. The third-order valence-corrected chi connectivity index (χ3v) is 7.19. The summed E-state index contributed by atoms with van der Waals surface area (Å²) in [6.07, 6.45) is 2.86. The highest BCUT2D eigenvalue weighted by molar-refractivity contribution is 8.14. The number of aliphatic imine (C=N–C) groups is 1. The van der Waals surface area contributed by atoms with Crippen LogP contribution in [0.15, 0.2) is 41.1 Å². The van der Waals surface area contributed by atoms with Gasteiger partial charge in [0.15, 0.2) is 5.17 Å². The lowest BCUT2D eigenvalue weighted by atomic mass is 9.98. The lowest BCUT2D eigenvalue weighted by Gasteiger charge is -2.38. The first-order valence-corrected chi connectivity index (χ1v) is 11.8. The van der Waals surface area contributed by atoms with Gasteiger partial charge >= 0.3 is 0 Å². The molecular weight excluding hydrogens is 438 g/mol. The molecule has 12 heteroatoms. The first-order valence-electron chi connectivity index (χ1n) is 10.1. The van der Waals surface area contributed by atoms with Gasteiger partial charge in [-0.05, 0) is 18.4 Å². The van der Waals surface area contributed by atoms with Gasteiger partial charge < -0.3 is 24.8 Å². The van der Waals surface area contributed by atoms with Crippen molar-refractivity contribution in [3.63, 3.8) is 0 Å². The van der Waals surface area contributed by atoms with E-state index in [0.717, 1.165) is 28.1 Å². The molecule has 0 bridgehead atoms. The molecule has 0 unspecified atom stereocenters. The molecule has 0 amide bonds. The molecule has 3 aromatic rings. The zero-order valence-electron chi connectivity index (χ0n) is 16.8. The maximum absolute atomic E-state index is 10.6. The van der Waals surface area contributed by atoms with Gasteiger partial charge in [0, 0.05) is 18.9 Å². The molecule has 1 fully saturated rings. The van der Waals surface area contributed by atoms with Gasteiger partial charge in [-0.2, -0.15) is 0 Å². The Bertz CT molecular complexity index is 1050. The number of nitrogens with zero attached hydrogens (tertiary/aromatic N) is 6. The van der Waals surface area contributed by atoms with Crippen molar-refractivity contribution in [2.45, 2.75) is 49.8 Å². The molecule has 0 aromatic carbocycles. The molecule has 5 heterocycles. The van der Waals surface area contributed by atoms with E-state index in [-0.39, 0.29) is 12.0 Å². The molecule has 3 aromatic heterocycles. The highest BCUT2D eigenvalue weighted by Crippen LogP contribution is 2.36. The molecule has 31 heavy (non-hydrogen) atoms. The van der Waals surface area contributed by atoms with Crippen LogP contribution in [0.3, 0.4) is 0 Å². The van der Waals surface area contributed by atoms with Crippen LogP contribution in [0, 0.1) is 0 Å². The third kappa shape index (κ3) is 4.13. The largest absolute Gasteiger partial charge is 0.388 e. The fourth-order valence-corrected chi connectivity index (χ4v) is 5.67. The molecule has 0 spiro atoms. The highest BCUT2D eigenvalue weighted by Gasteiger charge is 2.48. The van der Waals surface area contributed by atoms with Gasteiger partial charge in [0.1, 0.15) is 41.3 Å². The average Bonchev–Trinajstić information content (AvgIpc) is 3.54. The minimum Gasteiger partial charge on any atom is -0.388 e. The highest BCUT2D eigenvalue weighted by atomic mass is 32.2. The lowest BCUT2D eigenvalue weighted by Crippen LogP contribution is -2.55. The van der Waals surface area contributed by atoms with E-state index in [9.17, 15) is 10.2 Å². The van der Waals surface area contributed by atoms with Crippen molar-refractivity contribution in [1.82, 2.24) is 29.9 Å². The summed E-state index contributed by atoms with van der Waals surface area (Å²) in [5, 5.41) is 35.5. The number of nitrogens with one attached hydrogen (secondary N) is 1. The quantitative estimate of drug-likeness (QED) is 0.492. The van der Waals surface area contributed by atoms with Crippen molar-refractivity contribution in [2.24, 2.45) is 4.99 Å². The second-order valence-corrected chi connectivity index (χ2v) is 9.42. The number of hydrogen-bond acceptors (Lipinski definition) is 10. The van der Waals surface area contributed by atoms with E-state index in [1.807, 2.05) is 41.4 Å². The fourth-order valence-electron chi connectivity index (χ4n) is 3.74. The maximum Gasteiger partial charge on any atom is 0.159 e. The van der Waals surface area contributed by atoms with Crippen molar-refractivity contribution in [3.05, 3.63) is 41.8 Å². The topological polar surface area (TPSA) is 123 Å². The number of aliphatic hydroxyl groups is 2. The van der Waals surface area contributed by atoms with Crippen LogP contribution in [0.1, 0.15) is 12.6 Å². The molecule has 0 radical (unpaired) electrons. The molecule has 2 aliphatic heterocycles. The summed E-state index contributed by atoms with van der Waals surface area (Å²) >= 11 is 3.07. The van der Waals surface area contributed by atoms with E-state index >= 15 is 0 Å². The number of amidine groups is 1. The van der Waals surface area contributed by atoms with Crippen LogP contribution in [0.2, 0.25) is 0 Å². The van der Waals surface area contributed by atoms with Crippen LogP contribution in [-0.2, 0) is 17.8 Å². The van der Waals surface area contributed by atoms with Crippen molar-refractivity contribution >= 4 is 28.3 Å². The summed E-state index contributed by atoms with van der Waals surface area (Å²) in [5.41, 5.74) is 0.437. The standard InChI is InChI=1S/C19H23N7O3S2/c1-2-20-19-22-14-16(28)15(27)12(29-18(14)31-19)10-26-9-11(23-24-26)8-25-6-5-21-17(25)13-4-3-7-30-13/h3-7,9,12,14-16,18,27-28H,2,8,10H2,1H3,(H,20,22)/t12-,14-,15-,16-,18-/m1/s1. The second-order valence-electron chi connectivity index (χ2n) is 7.39. The Morgan fingerprint density at radius 2 is 2.19 bits per heavy atom. The zero-order valence-corrected chi connectivity index (χ0v) is 18.4. The molecule has 0 saturated carbocycles. The SMILES string of the molecule is CCNC1=N[C@@H]2[C@@H](O)[C@H](O)[C@@H](Cn3cc(Cn4ccnc4-c4cccs4)nn3)O[C@@H]2S1. The van der Waals surface area contributed by atoms with Crippen LogP contribution in [0.25, 0.3) is 10.7 Å². The Balaban J connectivity index is 1.25. The smallest absolute Gasteiger partial charge is 0.159 e. The van der Waals surface area contributed by atoms with Crippen LogP contribution < -0.4 is 5.32 Å². The van der Waals surface area contributed by atoms with Crippen LogP contribution >= 0.6 is 23.1 Å². The van der Waals surface area contributed by atoms with Gasteiger partial charge in [-0.25, -0.2) is 9.67 Å². The Hall–Kier alpha value is -2.25. The summed E-state index contributed by atoms with van der Waals surface area (Å²) in [6.45, 7) is 3.54. The van der Waals surface area contributed by atoms with E-state index in [1.165, 1.54) is 11.8 Å². The van der Waals surface area contributed by atoms with E-state index < -0.39 is 24.4 Å². The van der Waals surface area contributed by atoms with Crippen LogP contribution in [0.4, 0.5) is 0 Å². The van der Waals surface area contributed by atoms with Crippen LogP contribution in [0.5, 0.6) is 0 Å². The Morgan fingerprint density at radius 1 is 1.29 bits per heavy atom. The minimum absolute atomic E-state index is 0.285. The molecule has 3 N–H and O–H groups in total. The average molecular weight is 462 g/mol. The van der Waals surface area contributed by atoms with Gasteiger partial charge in [0.05, 0.1) is 24.2 Å². The summed E-state index contributed by atoms with van der Waals surface area (Å²) in [4.78, 5) is 9.97. The first kappa shape index (κ1) is 20.6. The number of imidazole rings is 1. The number of fused-ring (bicyclic) bond motifs is 1. The Labute approximate surface area is 187 Å². The van der Waals surface area contributed by atoms with Crippen molar-refractivity contribution in [1.29, 1.82) is 0 Å². The molecule has 5 rings (SSSR count). The Kier molecular flexibility index (Phi) is 5.80. The van der Waals surface area contributed by atoms with Gasteiger partial charge in [0.2, 0.25) is 0 Å². The number of ether oxygens (including phenoxy) is 1. The van der Waals surface area contributed by atoms with Gasteiger partial charge in [0.25, 0.3) is 0 Å². The summed E-state index contributed by atoms with van der Waals surface area (Å²) in [5.74, 6) is 0.888. The molecule has 10 nitrogen and oxygen atoms in total. The van der Waals surface area contributed by atoms with E-state index in [1.54, 1.807) is 22.2 Å². The molecule has 1 saturated heterocycles. The summed E-state index contributed by atoms with van der Waals surface area (Å²) in [6, 6.07) is 3.56. The predicted molar refractivity (Wildman–Crippen MR) is 118 cm³/mol. The maximum atomic E-state index is 10.6. The van der Waals surface area contributed by atoms with Crippen molar-refractivity contribution in [2.75, 3.05) is 6.54 Å². The van der Waals surface area contributed by atoms with E-state index in [4.69, 9.17) is 4.74 Å². The van der Waals surface area contributed by atoms with Crippen LogP contribution in [-0.4, -0.2) is 76.3 Å². The third-order valence-electron chi connectivity index (χ3n) is 5.23. The van der Waals surface area contributed by atoms with Gasteiger partial charge in [-0.15, -0.1) is 16.4 Å². The molecular formula is C19H23N7O3S2. The van der Waals surface area contributed by atoms with E-state index in [0.29, 0.717) is 6.54 Å². The number of rotatable bonds is 6. The number of thiophene rings is 1. The van der Waals surface area contributed by atoms with Crippen molar-refractivity contribution in [3.8, 4) is 10.7 Å². The lowest BCUT2D eigenvalue weighted by molar-refractivity contribution is -0.157. The van der Waals surface area contributed by atoms with Gasteiger partial charge in [-0.1, -0.05) is 23.0 Å².